The zero-order valence-electron chi connectivity index (χ0n) is 18.8. The molecule has 3 aromatic rings. The quantitative estimate of drug-likeness (QED) is 0.422. The number of Topliss-reactive ketones (excluding diaryl/α,β-unsaturated/α-hetero) is 1. The van der Waals surface area contributed by atoms with Gasteiger partial charge in [0.05, 0.1) is 17.7 Å². The Morgan fingerprint density at radius 3 is 2.71 bits per heavy atom. The van der Waals surface area contributed by atoms with Gasteiger partial charge >= 0.3 is 0 Å². The monoisotopic (exact) mass is 480 g/mol. The number of ether oxygens (including phenoxy) is 3. The summed E-state index contributed by atoms with van der Waals surface area (Å²) in [6.45, 7) is 1.04. The van der Waals surface area contributed by atoms with Crippen LogP contribution >= 0.6 is 11.6 Å². The zero-order chi connectivity index (χ0) is 23.7. The lowest BCUT2D eigenvalue weighted by Crippen LogP contribution is -2.19. The summed E-state index contributed by atoms with van der Waals surface area (Å²) in [7, 11) is 1.57. The molecule has 5 rings (SSSR count). The number of pyridine rings is 1. The van der Waals surface area contributed by atoms with Crippen molar-refractivity contribution in [1.82, 2.24) is 10.3 Å². The fourth-order valence-corrected chi connectivity index (χ4v) is 4.04. The van der Waals surface area contributed by atoms with Crippen molar-refractivity contribution in [3.05, 3.63) is 58.7 Å². The van der Waals surface area contributed by atoms with E-state index < -0.39 is 0 Å². The predicted octanol–water partition coefficient (Wildman–Crippen LogP) is 4.73. The van der Waals surface area contributed by atoms with E-state index in [0.29, 0.717) is 70.7 Å². The molecule has 1 amide bonds. The van der Waals surface area contributed by atoms with Gasteiger partial charge in [-0.05, 0) is 48.6 Å². The second kappa shape index (κ2) is 9.60. The fourth-order valence-electron chi connectivity index (χ4n) is 3.81. The van der Waals surface area contributed by atoms with E-state index in [1.807, 2.05) is 6.07 Å². The molecule has 1 atom stereocenters. The Hall–Kier alpha value is -3.16. The number of hydrogen-bond acceptors (Lipinski definition) is 6. The SMILES string of the molecule is CNC(=O)c1cc2c(Oc3ccc(CC(=O)CC4CC4)c(Cl)c3)ccnc2cc1OC[C@H]1CO1. The van der Waals surface area contributed by atoms with E-state index in [1.54, 1.807) is 43.6 Å². The first-order chi connectivity index (χ1) is 16.5. The van der Waals surface area contributed by atoms with Crippen molar-refractivity contribution in [3.63, 3.8) is 0 Å². The molecule has 1 aliphatic heterocycles. The van der Waals surface area contributed by atoms with E-state index >= 15 is 0 Å². The molecule has 2 heterocycles. The third-order valence-corrected chi connectivity index (χ3v) is 6.31. The van der Waals surface area contributed by atoms with Crippen LogP contribution in [0.2, 0.25) is 5.02 Å². The molecule has 2 fully saturated rings. The number of epoxide rings is 1. The lowest BCUT2D eigenvalue weighted by atomic mass is 10.0. The highest BCUT2D eigenvalue weighted by Crippen LogP contribution is 2.36. The molecule has 176 valence electrons. The van der Waals surface area contributed by atoms with Crippen LogP contribution in [0.4, 0.5) is 0 Å². The van der Waals surface area contributed by atoms with E-state index in [0.717, 1.165) is 18.4 Å². The fraction of sp³-hybridized carbons (Fsp3) is 0.346. The molecule has 0 bridgehead atoms. The van der Waals surface area contributed by atoms with Crippen molar-refractivity contribution in [2.75, 3.05) is 20.3 Å². The second-order valence-corrected chi connectivity index (χ2v) is 9.15. The Morgan fingerprint density at radius 1 is 1.18 bits per heavy atom. The van der Waals surface area contributed by atoms with Crippen LogP contribution in [0, 0.1) is 5.92 Å². The molecule has 2 aromatic carbocycles. The molecule has 2 aliphatic rings. The molecule has 7 nitrogen and oxygen atoms in total. The molecule has 0 radical (unpaired) electrons. The summed E-state index contributed by atoms with van der Waals surface area (Å²) in [5.41, 5.74) is 1.81. The van der Waals surface area contributed by atoms with Gasteiger partial charge in [-0.2, -0.15) is 0 Å². The minimum atomic E-state index is -0.272. The maximum Gasteiger partial charge on any atom is 0.254 e. The van der Waals surface area contributed by atoms with Gasteiger partial charge in [0.25, 0.3) is 5.91 Å². The molecule has 1 saturated heterocycles. The molecule has 8 heteroatoms. The lowest BCUT2D eigenvalue weighted by Gasteiger charge is -2.14. The number of rotatable bonds is 10. The highest BCUT2D eigenvalue weighted by atomic mass is 35.5. The Kier molecular flexibility index (Phi) is 6.39. The number of benzene rings is 2. The first kappa shape index (κ1) is 22.6. The summed E-state index contributed by atoms with van der Waals surface area (Å²) in [4.78, 5) is 29.2. The van der Waals surface area contributed by atoms with Crippen LogP contribution < -0.4 is 14.8 Å². The van der Waals surface area contributed by atoms with Crippen LogP contribution in [0.1, 0.15) is 35.2 Å². The van der Waals surface area contributed by atoms with Crippen LogP contribution in [-0.4, -0.2) is 43.0 Å². The van der Waals surface area contributed by atoms with Gasteiger partial charge in [0.2, 0.25) is 0 Å². The number of carbonyl (C=O) groups excluding carboxylic acids is 2. The van der Waals surface area contributed by atoms with Gasteiger partial charge in [-0.25, -0.2) is 0 Å². The summed E-state index contributed by atoms with van der Waals surface area (Å²) in [6, 6.07) is 10.5. The summed E-state index contributed by atoms with van der Waals surface area (Å²) < 4.78 is 17.1. The molecule has 0 spiro atoms. The Balaban J connectivity index is 1.39. The Morgan fingerprint density at radius 2 is 2.00 bits per heavy atom. The third-order valence-electron chi connectivity index (χ3n) is 5.95. The minimum absolute atomic E-state index is 0.0626. The number of nitrogens with one attached hydrogen (secondary N) is 1. The number of carbonyl (C=O) groups is 2. The average Bonchev–Trinajstić information content (AvgIpc) is 3.75. The largest absolute Gasteiger partial charge is 0.490 e. The number of ketones is 1. The Labute approximate surface area is 202 Å². The second-order valence-electron chi connectivity index (χ2n) is 8.74. The van der Waals surface area contributed by atoms with Crippen LogP contribution in [0.5, 0.6) is 17.2 Å². The highest BCUT2D eigenvalue weighted by molar-refractivity contribution is 6.31. The maximum atomic E-state index is 12.5. The first-order valence-corrected chi connectivity index (χ1v) is 11.7. The normalized spacial score (nSPS) is 16.8. The van der Waals surface area contributed by atoms with Gasteiger partial charge in [-0.15, -0.1) is 0 Å². The summed E-state index contributed by atoms with van der Waals surface area (Å²) >= 11 is 6.46. The highest BCUT2D eigenvalue weighted by Gasteiger charge is 2.25. The average molecular weight is 481 g/mol. The van der Waals surface area contributed by atoms with E-state index in [9.17, 15) is 9.59 Å². The number of amides is 1. The maximum absolute atomic E-state index is 12.5. The molecule has 34 heavy (non-hydrogen) atoms. The summed E-state index contributed by atoms with van der Waals surface area (Å²) in [5, 5.41) is 3.80. The number of fused-ring (bicyclic) bond motifs is 1. The molecular formula is C26H25ClN2O5. The van der Waals surface area contributed by atoms with Crippen molar-refractivity contribution >= 4 is 34.2 Å². The van der Waals surface area contributed by atoms with E-state index in [1.165, 1.54) is 0 Å². The van der Waals surface area contributed by atoms with Gasteiger partial charge in [0.15, 0.2) is 0 Å². The smallest absolute Gasteiger partial charge is 0.254 e. The van der Waals surface area contributed by atoms with Crippen molar-refractivity contribution in [2.45, 2.75) is 31.8 Å². The molecule has 1 saturated carbocycles. The third kappa shape index (κ3) is 5.32. The van der Waals surface area contributed by atoms with Gasteiger partial charge < -0.3 is 19.5 Å². The molecule has 1 aromatic heterocycles. The van der Waals surface area contributed by atoms with E-state index in [-0.39, 0.29) is 17.8 Å². The number of halogens is 1. The van der Waals surface area contributed by atoms with Crippen LogP contribution in [0.3, 0.4) is 0 Å². The molecule has 0 unspecified atom stereocenters. The van der Waals surface area contributed by atoms with Crippen molar-refractivity contribution < 1.29 is 23.8 Å². The molecule has 1 aliphatic carbocycles. The first-order valence-electron chi connectivity index (χ1n) is 11.4. The van der Waals surface area contributed by atoms with Crippen molar-refractivity contribution in [1.29, 1.82) is 0 Å². The van der Waals surface area contributed by atoms with Gasteiger partial charge in [-0.1, -0.05) is 17.7 Å². The van der Waals surface area contributed by atoms with Gasteiger partial charge in [0, 0.05) is 42.6 Å². The number of nitrogens with zero attached hydrogens (tertiary/aromatic N) is 1. The Bertz CT molecular complexity index is 1250. The van der Waals surface area contributed by atoms with Gasteiger partial charge in [0.1, 0.15) is 35.7 Å². The molecular weight excluding hydrogens is 456 g/mol. The van der Waals surface area contributed by atoms with E-state index in [2.05, 4.69) is 10.3 Å². The standard InChI is InChI=1S/C26H25ClN2O5/c1-28-26(31)21-11-20-23(12-25(21)33-14-19-13-32-19)29-7-6-24(20)34-18-5-4-16(22(27)10-18)9-17(30)8-15-2-3-15/h4-7,10-12,15,19H,2-3,8-9,13-14H2,1H3,(H,28,31)/t19-/m1/s1. The summed E-state index contributed by atoms with van der Waals surface area (Å²) in [6.07, 6.45) is 4.96. The van der Waals surface area contributed by atoms with Crippen molar-refractivity contribution in [3.8, 4) is 17.2 Å². The topological polar surface area (TPSA) is 90.0 Å². The van der Waals surface area contributed by atoms with Crippen LogP contribution in [0.15, 0.2) is 42.6 Å². The number of aromatic nitrogens is 1. The number of hydrogen-bond donors (Lipinski definition) is 1. The van der Waals surface area contributed by atoms with Gasteiger partial charge in [-0.3, -0.25) is 14.6 Å². The molecule has 1 N–H and O–H groups in total. The van der Waals surface area contributed by atoms with Crippen LogP contribution in [-0.2, 0) is 16.0 Å². The minimum Gasteiger partial charge on any atom is -0.490 e. The predicted molar refractivity (Wildman–Crippen MR) is 128 cm³/mol. The summed E-state index contributed by atoms with van der Waals surface area (Å²) in [5.74, 6) is 2.00. The van der Waals surface area contributed by atoms with Crippen LogP contribution in [0.25, 0.3) is 10.9 Å². The lowest BCUT2D eigenvalue weighted by molar-refractivity contribution is -0.118. The van der Waals surface area contributed by atoms with Crippen molar-refractivity contribution in [2.24, 2.45) is 5.92 Å². The van der Waals surface area contributed by atoms with E-state index in [4.69, 9.17) is 25.8 Å². The zero-order valence-corrected chi connectivity index (χ0v) is 19.6.